The van der Waals surface area contributed by atoms with E-state index in [-0.39, 0.29) is 19.2 Å². The molecule has 1 aliphatic heterocycles. The Morgan fingerprint density at radius 2 is 1.64 bits per heavy atom. The Labute approximate surface area is 208 Å². The average Bonchev–Trinajstić information content (AvgIpc) is 3.29. The van der Waals surface area contributed by atoms with Gasteiger partial charge in [-0.05, 0) is 82.0 Å². The molecule has 33 heavy (non-hydrogen) atoms. The predicted octanol–water partition coefficient (Wildman–Crippen LogP) is 5.53. The van der Waals surface area contributed by atoms with E-state index in [1.807, 2.05) is 36.4 Å². The number of methoxy groups -OCH3 is 2. The van der Waals surface area contributed by atoms with Crippen LogP contribution >= 0.6 is 28.3 Å². The summed E-state index contributed by atoms with van der Waals surface area (Å²) < 4.78 is 28.5. The number of fused-ring (bicyclic) bond motifs is 1. The van der Waals surface area contributed by atoms with Crippen molar-refractivity contribution in [2.24, 2.45) is 0 Å². The quantitative estimate of drug-likeness (QED) is 0.344. The number of rotatable bonds is 10. The molecule has 8 heteroatoms. The van der Waals surface area contributed by atoms with Crippen molar-refractivity contribution in [2.45, 2.75) is 19.6 Å². The van der Waals surface area contributed by atoms with Crippen LogP contribution in [0.4, 0.5) is 0 Å². The third-order valence-electron chi connectivity index (χ3n) is 5.19. The fraction of sp³-hybridized carbons (Fsp3) is 0.280. The van der Waals surface area contributed by atoms with Gasteiger partial charge in [0, 0.05) is 6.54 Å². The van der Waals surface area contributed by atoms with Crippen LogP contribution in [0.1, 0.15) is 16.7 Å². The van der Waals surface area contributed by atoms with Crippen LogP contribution in [-0.4, -0.2) is 27.6 Å². The molecular formula is C25H27BrClNO5. The van der Waals surface area contributed by atoms with E-state index in [1.165, 1.54) is 5.56 Å². The van der Waals surface area contributed by atoms with Crippen molar-refractivity contribution in [1.82, 2.24) is 5.32 Å². The van der Waals surface area contributed by atoms with Crippen molar-refractivity contribution < 1.29 is 23.7 Å². The lowest BCUT2D eigenvalue weighted by atomic mass is 10.1. The SMILES string of the molecule is COc1ccc(CCNCc2cc(Br)c(OCc3ccc4c(c3)OCO4)c(OC)c2)cc1.Cl. The molecule has 0 aromatic heterocycles. The summed E-state index contributed by atoms with van der Waals surface area (Å²) >= 11 is 3.63. The maximum atomic E-state index is 6.06. The topological polar surface area (TPSA) is 58.2 Å². The summed E-state index contributed by atoms with van der Waals surface area (Å²) in [5, 5.41) is 3.48. The van der Waals surface area contributed by atoms with Crippen LogP contribution in [0.15, 0.2) is 59.1 Å². The second-order valence-electron chi connectivity index (χ2n) is 7.36. The van der Waals surface area contributed by atoms with Gasteiger partial charge in [0.2, 0.25) is 6.79 Å². The number of hydrogen-bond acceptors (Lipinski definition) is 6. The molecule has 0 bridgehead atoms. The second-order valence-corrected chi connectivity index (χ2v) is 8.21. The molecule has 0 radical (unpaired) electrons. The molecule has 3 aromatic carbocycles. The van der Waals surface area contributed by atoms with Crippen molar-refractivity contribution in [1.29, 1.82) is 0 Å². The van der Waals surface area contributed by atoms with Crippen LogP contribution in [0, 0.1) is 0 Å². The molecule has 0 amide bonds. The van der Waals surface area contributed by atoms with E-state index in [4.69, 9.17) is 23.7 Å². The van der Waals surface area contributed by atoms with E-state index >= 15 is 0 Å². The van der Waals surface area contributed by atoms with Crippen LogP contribution in [-0.2, 0) is 19.6 Å². The zero-order valence-corrected chi connectivity index (χ0v) is 21.0. The lowest BCUT2D eigenvalue weighted by Crippen LogP contribution is -2.16. The van der Waals surface area contributed by atoms with Gasteiger partial charge in [-0.2, -0.15) is 0 Å². The van der Waals surface area contributed by atoms with E-state index in [0.29, 0.717) is 18.1 Å². The number of nitrogens with one attached hydrogen (secondary N) is 1. The van der Waals surface area contributed by atoms with Gasteiger partial charge in [-0.15, -0.1) is 12.4 Å². The molecule has 0 atom stereocenters. The third kappa shape index (κ3) is 6.47. The van der Waals surface area contributed by atoms with E-state index < -0.39 is 0 Å². The summed E-state index contributed by atoms with van der Waals surface area (Å²) in [6, 6.07) is 18.0. The van der Waals surface area contributed by atoms with Gasteiger partial charge in [-0.1, -0.05) is 18.2 Å². The highest BCUT2D eigenvalue weighted by Gasteiger charge is 2.15. The predicted molar refractivity (Wildman–Crippen MR) is 133 cm³/mol. The summed E-state index contributed by atoms with van der Waals surface area (Å²) in [4.78, 5) is 0. The van der Waals surface area contributed by atoms with Gasteiger partial charge in [-0.3, -0.25) is 0 Å². The summed E-state index contributed by atoms with van der Waals surface area (Å²) in [6.45, 7) is 2.25. The zero-order valence-electron chi connectivity index (χ0n) is 18.6. The number of halogens is 2. The minimum absolute atomic E-state index is 0. The fourth-order valence-corrected chi connectivity index (χ4v) is 4.06. The van der Waals surface area contributed by atoms with Crippen LogP contribution in [0.25, 0.3) is 0 Å². The Kier molecular flexibility index (Phi) is 9.11. The Hall–Kier alpha value is -2.61. The van der Waals surface area contributed by atoms with E-state index in [2.05, 4.69) is 39.4 Å². The molecule has 0 spiro atoms. The molecule has 6 nitrogen and oxygen atoms in total. The largest absolute Gasteiger partial charge is 0.497 e. The second kappa shape index (κ2) is 12.0. The molecule has 0 aliphatic carbocycles. The number of benzene rings is 3. The first-order valence-electron chi connectivity index (χ1n) is 10.4. The van der Waals surface area contributed by atoms with Crippen molar-refractivity contribution in [3.8, 4) is 28.7 Å². The highest BCUT2D eigenvalue weighted by molar-refractivity contribution is 9.10. The lowest BCUT2D eigenvalue weighted by Gasteiger charge is -2.15. The fourth-order valence-electron chi connectivity index (χ4n) is 3.46. The van der Waals surface area contributed by atoms with Crippen LogP contribution in [0.3, 0.4) is 0 Å². The normalized spacial score (nSPS) is 11.6. The summed E-state index contributed by atoms with van der Waals surface area (Å²) in [5.74, 6) is 3.74. The van der Waals surface area contributed by atoms with Crippen LogP contribution in [0.5, 0.6) is 28.7 Å². The third-order valence-corrected chi connectivity index (χ3v) is 5.78. The first kappa shape index (κ1) is 25.0. The smallest absolute Gasteiger partial charge is 0.231 e. The van der Waals surface area contributed by atoms with Gasteiger partial charge in [0.05, 0.1) is 18.7 Å². The van der Waals surface area contributed by atoms with Gasteiger partial charge in [0.1, 0.15) is 12.4 Å². The van der Waals surface area contributed by atoms with Crippen LogP contribution in [0.2, 0.25) is 0 Å². The van der Waals surface area contributed by atoms with Crippen molar-refractivity contribution in [3.05, 3.63) is 75.8 Å². The molecule has 176 valence electrons. The van der Waals surface area contributed by atoms with E-state index in [9.17, 15) is 0 Å². The van der Waals surface area contributed by atoms with Crippen LogP contribution < -0.4 is 29.0 Å². The average molecular weight is 537 g/mol. The Balaban J connectivity index is 0.00000306. The highest BCUT2D eigenvalue weighted by atomic mass is 79.9. The van der Waals surface area contributed by atoms with E-state index in [0.717, 1.165) is 52.4 Å². The molecule has 4 rings (SSSR count). The van der Waals surface area contributed by atoms with Gasteiger partial charge < -0.3 is 29.0 Å². The van der Waals surface area contributed by atoms with Crippen molar-refractivity contribution in [2.75, 3.05) is 27.6 Å². The van der Waals surface area contributed by atoms with E-state index in [1.54, 1.807) is 14.2 Å². The Morgan fingerprint density at radius 1 is 0.879 bits per heavy atom. The zero-order chi connectivity index (χ0) is 22.3. The van der Waals surface area contributed by atoms with Gasteiger partial charge >= 0.3 is 0 Å². The molecule has 1 aliphatic rings. The summed E-state index contributed by atoms with van der Waals surface area (Å²) in [5.41, 5.74) is 3.37. The van der Waals surface area contributed by atoms with Gasteiger partial charge in [-0.25, -0.2) is 0 Å². The molecule has 0 fully saturated rings. The lowest BCUT2D eigenvalue weighted by molar-refractivity contribution is 0.174. The molecule has 0 saturated carbocycles. The Morgan fingerprint density at radius 3 is 2.39 bits per heavy atom. The molecule has 1 N–H and O–H groups in total. The number of ether oxygens (including phenoxy) is 5. The first-order chi connectivity index (χ1) is 15.7. The Bertz CT molecular complexity index is 1060. The minimum Gasteiger partial charge on any atom is -0.497 e. The molecule has 3 aromatic rings. The number of hydrogen-bond donors (Lipinski definition) is 1. The monoisotopic (exact) mass is 535 g/mol. The summed E-state index contributed by atoms with van der Waals surface area (Å²) in [7, 11) is 3.33. The maximum absolute atomic E-state index is 6.06. The minimum atomic E-state index is 0. The highest BCUT2D eigenvalue weighted by Crippen LogP contribution is 2.38. The molecular weight excluding hydrogens is 510 g/mol. The van der Waals surface area contributed by atoms with Gasteiger partial charge in [0.25, 0.3) is 0 Å². The standard InChI is InChI=1S/C25H26BrNO5.ClH/c1-28-20-6-3-17(4-7-20)9-10-27-14-19-11-21(26)25(24(13-19)29-2)30-15-18-5-8-22-23(12-18)32-16-31-22;/h3-8,11-13,27H,9-10,14-16H2,1-2H3;1H. The first-order valence-corrected chi connectivity index (χ1v) is 11.2. The summed E-state index contributed by atoms with van der Waals surface area (Å²) in [6.07, 6.45) is 0.943. The molecule has 1 heterocycles. The van der Waals surface area contributed by atoms with Crippen molar-refractivity contribution >= 4 is 28.3 Å². The molecule has 0 unspecified atom stereocenters. The van der Waals surface area contributed by atoms with Gasteiger partial charge in [0.15, 0.2) is 23.0 Å². The maximum Gasteiger partial charge on any atom is 0.231 e. The van der Waals surface area contributed by atoms with Crippen molar-refractivity contribution in [3.63, 3.8) is 0 Å². The molecule has 0 saturated heterocycles.